The van der Waals surface area contributed by atoms with Crippen LogP contribution in [0.15, 0.2) is 0 Å². The molecule has 1 rings (SSSR count). The van der Waals surface area contributed by atoms with Crippen molar-refractivity contribution in [2.75, 3.05) is 17.0 Å². The maximum absolute atomic E-state index is 11.9. The molecule has 1 aromatic rings. The van der Waals surface area contributed by atoms with Gasteiger partial charge in [-0.3, -0.25) is 4.72 Å². The summed E-state index contributed by atoms with van der Waals surface area (Å²) in [6.07, 6.45) is 2.33. The zero-order valence-corrected chi connectivity index (χ0v) is 14.3. The van der Waals surface area contributed by atoms with Gasteiger partial charge in [-0.1, -0.05) is 20.8 Å². The molecule has 0 radical (unpaired) electrons. The molecule has 1 heterocycles. The normalized spacial score (nSPS) is 12.1. The van der Waals surface area contributed by atoms with E-state index >= 15 is 0 Å². The molecule has 0 spiro atoms. The van der Waals surface area contributed by atoms with Crippen molar-refractivity contribution in [3.05, 3.63) is 10.6 Å². The average molecular weight is 319 g/mol. The van der Waals surface area contributed by atoms with Gasteiger partial charge >= 0.3 is 0 Å². The highest BCUT2D eigenvalue weighted by atomic mass is 32.2. The van der Waals surface area contributed by atoms with Crippen LogP contribution in [0.1, 0.15) is 44.2 Å². The second kappa shape index (κ2) is 7.95. The molecule has 5 nitrogen and oxygen atoms in total. The molecule has 0 unspecified atom stereocenters. The van der Waals surface area contributed by atoms with Gasteiger partial charge in [0.05, 0.1) is 11.4 Å². The zero-order valence-electron chi connectivity index (χ0n) is 12.7. The molecule has 0 atom stereocenters. The van der Waals surface area contributed by atoms with E-state index in [1.165, 1.54) is 11.3 Å². The molecule has 0 aliphatic heterocycles. The summed E-state index contributed by atoms with van der Waals surface area (Å²) in [6, 6.07) is 0.440. The smallest absolute Gasteiger partial charge is 0.234 e. The lowest BCUT2D eigenvalue weighted by molar-refractivity contribution is 0.561. The Labute approximate surface area is 126 Å². The standard InChI is InChI=1S/C13H25N3O2S2/c1-5-12-11(4)19-13(15-12)16-20(17,18)9-7-6-8-14-10(2)3/h10,14H,5-9H2,1-4H3,(H,15,16). The Morgan fingerprint density at radius 1 is 1.30 bits per heavy atom. The fraction of sp³-hybridized carbons (Fsp3) is 0.769. The molecule has 0 amide bonds. The van der Waals surface area contributed by atoms with Crippen molar-refractivity contribution in [3.63, 3.8) is 0 Å². The van der Waals surface area contributed by atoms with Crippen LogP contribution < -0.4 is 10.0 Å². The van der Waals surface area contributed by atoms with E-state index in [9.17, 15) is 8.42 Å². The van der Waals surface area contributed by atoms with Crippen molar-refractivity contribution in [2.45, 2.75) is 53.0 Å². The minimum Gasteiger partial charge on any atom is -0.315 e. The second-order valence-corrected chi connectivity index (χ2v) is 8.16. The highest BCUT2D eigenvalue weighted by Crippen LogP contribution is 2.23. The molecule has 0 aromatic carbocycles. The maximum atomic E-state index is 11.9. The van der Waals surface area contributed by atoms with E-state index in [1.807, 2.05) is 13.8 Å². The van der Waals surface area contributed by atoms with Crippen LogP contribution in [0.4, 0.5) is 5.13 Å². The minimum atomic E-state index is -3.28. The van der Waals surface area contributed by atoms with Gasteiger partial charge in [-0.15, -0.1) is 11.3 Å². The van der Waals surface area contributed by atoms with Gasteiger partial charge in [0, 0.05) is 10.9 Å². The van der Waals surface area contributed by atoms with Crippen LogP contribution in [0.3, 0.4) is 0 Å². The number of aromatic nitrogens is 1. The molecule has 116 valence electrons. The van der Waals surface area contributed by atoms with Crippen molar-refractivity contribution in [1.29, 1.82) is 0 Å². The Morgan fingerprint density at radius 3 is 2.55 bits per heavy atom. The second-order valence-electron chi connectivity index (χ2n) is 5.11. The first kappa shape index (κ1) is 17.4. The summed E-state index contributed by atoms with van der Waals surface area (Å²) >= 11 is 1.40. The first-order chi connectivity index (χ1) is 9.34. The van der Waals surface area contributed by atoms with Crippen molar-refractivity contribution in [1.82, 2.24) is 10.3 Å². The molecule has 1 aromatic heterocycles. The van der Waals surface area contributed by atoms with Crippen LogP contribution in [0, 0.1) is 6.92 Å². The Bertz CT molecular complexity index is 510. The number of nitrogens with one attached hydrogen (secondary N) is 2. The summed E-state index contributed by atoms with van der Waals surface area (Å²) in [7, 11) is -3.28. The van der Waals surface area contributed by atoms with E-state index in [1.54, 1.807) is 0 Å². The predicted molar refractivity (Wildman–Crippen MR) is 86.0 cm³/mol. The summed E-state index contributed by atoms with van der Waals surface area (Å²) in [5.41, 5.74) is 0.967. The Hall–Kier alpha value is -0.660. The third kappa shape index (κ3) is 6.19. The molecule has 0 aliphatic carbocycles. The van der Waals surface area contributed by atoms with Gasteiger partial charge in [0.25, 0.3) is 0 Å². The number of rotatable bonds is 9. The van der Waals surface area contributed by atoms with E-state index < -0.39 is 10.0 Å². The number of anilines is 1. The molecule has 20 heavy (non-hydrogen) atoms. The summed E-state index contributed by atoms with van der Waals surface area (Å²) < 4.78 is 26.5. The lowest BCUT2D eigenvalue weighted by Crippen LogP contribution is -2.24. The van der Waals surface area contributed by atoms with Crippen LogP contribution in [-0.2, 0) is 16.4 Å². The van der Waals surface area contributed by atoms with Gasteiger partial charge in [0.1, 0.15) is 0 Å². The number of aryl methyl sites for hydroxylation is 2. The molecule has 0 aliphatic rings. The van der Waals surface area contributed by atoms with Crippen LogP contribution in [0.5, 0.6) is 0 Å². The molecule has 2 N–H and O–H groups in total. The third-order valence-corrected chi connectivity index (χ3v) is 5.25. The summed E-state index contributed by atoms with van der Waals surface area (Å²) in [4.78, 5) is 5.37. The van der Waals surface area contributed by atoms with Gasteiger partial charge in [0.15, 0.2) is 5.13 Å². The molecular weight excluding hydrogens is 294 g/mol. The third-order valence-electron chi connectivity index (χ3n) is 2.86. The van der Waals surface area contributed by atoms with Gasteiger partial charge < -0.3 is 5.32 Å². The van der Waals surface area contributed by atoms with E-state index in [0.717, 1.165) is 30.0 Å². The molecular formula is C13H25N3O2S2. The van der Waals surface area contributed by atoms with E-state index in [-0.39, 0.29) is 5.75 Å². The number of hydrogen-bond donors (Lipinski definition) is 2. The van der Waals surface area contributed by atoms with Crippen LogP contribution in [0.2, 0.25) is 0 Å². The van der Waals surface area contributed by atoms with Crippen LogP contribution in [0.25, 0.3) is 0 Å². The van der Waals surface area contributed by atoms with E-state index in [4.69, 9.17) is 0 Å². The molecule has 7 heteroatoms. The van der Waals surface area contributed by atoms with Gasteiger partial charge in [-0.25, -0.2) is 13.4 Å². The monoisotopic (exact) mass is 319 g/mol. The van der Waals surface area contributed by atoms with Crippen molar-refractivity contribution < 1.29 is 8.42 Å². The first-order valence-electron chi connectivity index (χ1n) is 7.04. The average Bonchev–Trinajstić information content (AvgIpc) is 2.67. The zero-order chi connectivity index (χ0) is 15.2. The van der Waals surface area contributed by atoms with E-state index in [0.29, 0.717) is 17.6 Å². The fourth-order valence-corrected chi connectivity index (χ4v) is 4.09. The number of hydrogen-bond acceptors (Lipinski definition) is 5. The largest absolute Gasteiger partial charge is 0.315 e. The Kier molecular flexibility index (Phi) is 6.91. The SMILES string of the molecule is CCc1nc(NS(=O)(=O)CCCCNC(C)C)sc1C. The summed E-state index contributed by atoms with van der Waals surface area (Å²) in [5, 5.41) is 3.76. The molecule has 0 saturated carbocycles. The summed E-state index contributed by atoms with van der Waals surface area (Å²) in [5.74, 6) is 0.146. The van der Waals surface area contributed by atoms with Crippen molar-refractivity contribution in [3.8, 4) is 0 Å². The molecule has 0 fully saturated rings. The first-order valence-corrected chi connectivity index (χ1v) is 9.51. The topological polar surface area (TPSA) is 71.1 Å². The lowest BCUT2D eigenvalue weighted by Gasteiger charge is -2.08. The fourth-order valence-electron chi connectivity index (χ4n) is 1.79. The number of unbranched alkanes of at least 4 members (excludes halogenated alkanes) is 1. The highest BCUT2D eigenvalue weighted by Gasteiger charge is 2.14. The number of nitrogens with zero attached hydrogens (tertiary/aromatic N) is 1. The van der Waals surface area contributed by atoms with Gasteiger partial charge in [-0.05, 0) is 32.7 Å². The van der Waals surface area contributed by atoms with Crippen molar-refractivity contribution >= 4 is 26.5 Å². The number of sulfonamides is 1. The highest BCUT2D eigenvalue weighted by molar-refractivity contribution is 7.92. The quantitative estimate of drug-likeness (QED) is 0.686. The van der Waals surface area contributed by atoms with Crippen LogP contribution >= 0.6 is 11.3 Å². The minimum absolute atomic E-state index is 0.146. The van der Waals surface area contributed by atoms with Crippen LogP contribution in [-0.4, -0.2) is 31.7 Å². The Balaban J connectivity index is 2.41. The van der Waals surface area contributed by atoms with Crippen molar-refractivity contribution in [2.24, 2.45) is 0 Å². The molecule has 0 bridgehead atoms. The maximum Gasteiger partial charge on any atom is 0.234 e. The van der Waals surface area contributed by atoms with Gasteiger partial charge in [0.2, 0.25) is 10.0 Å². The summed E-state index contributed by atoms with van der Waals surface area (Å²) in [6.45, 7) is 8.99. The van der Waals surface area contributed by atoms with E-state index in [2.05, 4.69) is 28.9 Å². The molecule has 0 saturated heterocycles. The lowest BCUT2D eigenvalue weighted by atomic mass is 10.3. The predicted octanol–water partition coefficient (Wildman–Crippen LogP) is 2.53. The number of thiazole rings is 1. The van der Waals surface area contributed by atoms with Gasteiger partial charge in [-0.2, -0.15) is 0 Å². The Morgan fingerprint density at radius 2 is 2.00 bits per heavy atom.